The van der Waals surface area contributed by atoms with Crippen molar-refractivity contribution in [1.82, 2.24) is 4.98 Å². The lowest BCUT2D eigenvalue weighted by Gasteiger charge is -2.07. The highest BCUT2D eigenvalue weighted by molar-refractivity contribution is 6.43. The van der Waals surface area contributed by atoms with E-state index >= 15 is 0 Å². The average Bonchev–Trinajstić information content (AvgIpc) is 2.41. The number of halogens is 1. The van der Waals surface area contributed by atoms with Gasteiger partial charge in [0.25, 0.3) is 0 Å². The van der Waals surface area contributed by atoms with Gasteiger partial charge in [-0.3, -0.25) is 9.59 Å². The minimum atomic E-state index is -0.785. The zero-order valence-electron chi connectivity index (χ0n) is 10.7. The number of aryl methyl sites for hydroxylation is 1. The second kappa shape index (κ2) is 6.16. The van der Waals surface area contributed by atoms with Crippen molar-refractivity contribution >= 4 is 34.9 Å². The number of hydrogen-bond acceptors (Lipinski definition) is 3. The van der Waals surface area contributed by atoms with Crippen LogP contribution >= 0.6 is 11.6 Å². The monoisotopic (exact) mass is 289 g/mol. The molecule has 5 nitrogen and oxygen atoms in total. The van der Waals surface area contributed by atoms with E-state index in [9.17, 15) is 9.59 Å². The number of anilines is 2. The summed E-state index contributed by atoms with van der Waals surface area (Å²) in [7, 11) is 0. The third-order valence-electron chi connectivity index (χ3n) is 2.53. The first kappa shape index (κ1) is 14.0. The molecule has 102 valence electrons. The highest BCUT2D eigenvalue weighted by atomic mass is 35.5. The van der Waals surface area contributed by atoms with Gasteiger partial charge in [-0.15, -0.1) is 0 Å². The molecule has 0 unspecified atom stereocenters. The molecule has 0 spiro atoms. The van der Waals surface area contributed by atoms with Gasteiger partial charge < -0.3 is 10.6 Å². The minimum absolute atomic E-state index is 0.360. The predicted octanol–water partition coefficient (Wildman–Crippen LogP) is 2.62. The van der Waals surface area contributed by atoms with E-state index in [0.29, 0.717) is 16.5 Å². The molecule has 2 N–H and O–H groups in total. The van der Waals surface area contributed by atoms with Crippen molar-refractivity contribution in [3.8, 4) is 0 Å². The Morgan fingerprint density at radius 1 is 1.10 bits per heavy atom. The maximum atomic E-state index is 11.8. The molecule has 0 saturated heterocycles. The van der Waals surface area contributed by atoms with Crippen molar-refractivity contribution < 1.29 is 9.59 Å². The van der Waals surface area contributed by atoms with E-state index < -0.39 is 11.8 Å². The van der Waals surface area contributed by atoms with Crippen LogP contribution in [0, 0.1) is 6.92 Å². The number of nitrogens with zero attached hydrogens (tertiary/aromatic N) is 1. The molecule has 1 heterocycles. The van der Waals surface area contributed by atoms with Crippen LogP contribution in [0.4, 0.5) is 11.5 Å². The Hall–Kier alpha value is -2.40. The zero-order valence-corrected chi connectivity index (χ0v) is 11.4. The SMILES string of the molecule is Cc1cccnc1NC(=O)C(=O)Nc1cccc(Cl)c1. The van der Waals surface area contributed by atoms with Gasteiger partial charge in [0.2, 0.25) is 0 Å². The van der Waals surface area contributed by atoms with Gasteiger partial charge in [-0.2, -0.15) is 0 Å². The van der Waals surface area contributed by atoms with E-state index in [1.54, 1.807) is 43.3 Å². The third kappa shape index (κ3) is 3.55. The molecular weight excluding hydrogens is 278 g/mol. The molecule has 2 aromatic rings. The van der Waals surface area contributed by atoms with E-state index in [0.717, 1.165) is 5.56 Å². The maximum absolute atomic E-state index is 11.8. The summed E-state index contributed by atoms with van der Waals surface area (Å²) < 4.78 is 0. The summed E-state index contributed by atoms with van der Waals surface area (Å²) in [4.78, 5) is 27.5. The lowest BCUT2D eigenvalue weighted by Crippen LogP contribution is -2.29. The molecule has 0 saturated carbocycles. The fourth-order valence-electron chi connectivity index (χ4n) is 1.53. The van der Waals surface area contributed by atoms with Gasteiger partial charge in [0.15, 0.2) is 0 Å². The van der Waals surface area contributed by atoms with Crippen molar-refractivity contribution in [2.24, 2.45) is 0 Å². The highest BCUT2D eigenvalue weighted by Crippen LogP contribution is 2.15. The molecule has 0 aliphatic heterocycles. The van der Waals surface area contributed by atoms with Gasteiger partial charge in [0.05, 0.1) is 0 Å². The fraction of sp³-hybridized carbons (Fsp3) is 0.0714. The van der Waals surface area contributed by atoms with Crippen LogP contribution < -0.4 is 10.6 Å². The van der Waals surface area contributed by atoms with Crippen LogP contribution in [0.2, 0.25) is 5.02 Å². The van der Waals surface area contributed by atoms with Gasteiger partial charge >= 0.3 is 11.8 Å². The predicted molar refractivity (Wildman–Crippen MR) is 77.7 cm³/mol. The van der Waals surface area contributed by atoms with Gasteiger partial charge in [-0.05, 0) is 36.8 Å². The number of carbonyl (C=O) groups excluding carboxylic acids is 2. The van der Waals surface area contributed by atoms with Crippen LogP contribution in [-0.2, 0) is 9.59 Å². The molecule has 0 aliphatic carbocycles. The summed E-state index contributed by atoms with van der Waals surface area (Å²) in [6.07, 6.45) is 1.54. The summed E-state index contributed by atoms with van der Waals surface area (Å²) in [6, 6.07) is 10.1. The molecule has 20 heavy (non-hydrogen) atoms. The van der Waals surface area contributed by atoms with Crippen LogP contribution in [0.1, 0.15) is 5.56 Å². The van der Waals surface area contributed by atoms with E-state index in [2.05, 4.69) is 15.6 Å². The standard InChI is InChI=1S/C14H12ClN3O2/c1-9-4-3-7-16-12(9)18-14(20)13(19)17-11-6-2-5-10(15)8-11/h2-8H,1H3,(H,17,19)(H,16,18,20). The molecule has 6 heteroatoms. The second-order valence-electron chi connectivity index (χ2n) is 4.09. The molecule has 0 bridgehead atoms. The minimum Gasteiger partial charge on any atom is -0.318 e. The Kier molecular flexibility index (Phi) is 4.32. The Morgan fingerprint density at radius 3 is 2.55 bits per heavy atom. The van der Waals surface area contributed by atoms with Crippen molar-refractivity contribution in [2.45, 2.75) is 6.92 Å². The lowest BCUT2D eigenvalue weighted by atomic mass is 10.3. The number of hydrogen-bond donors (Lipinski definition) is 2. The van der Waals surface area contributed by atoms with Crippen molar-refractivity contribution in [2.75, 3.05) is 10.6 Å². The lowest BCUT2D eigenvalue weighted by molar-refractivity contribution is -0.133. The number of benzene rings is 1. The third-order valence-corrected chi connectivity index (χ3v) is 2.77. The second-order valence-corrected chi connectivity index (χ2v) is 4.52. The summed E-state index contributed by atoms with van der Waals surface area (Å²) in [6.45, 7) is 1.79. The normalized spacial score (nSPS) is 9.90. The molecule has 0 atom stereocenters. The largest absolute Gasteiger partial charge is 0.318 e. The van der Waals surface area contributed by atoms with E-state index in [4.69, 9.17) is 11.6 Å². The van der Waals surface area contributed by atoms with Gasteiger partial charge in [-0.25, -0.2) is 4.98 Å². The Morgan fingerprint density at radius 2 is 1.85 bits per heavy atom. The first-order valence-electron chi connectivity index (χ1n) is 5.86. The summed E-state index contributed by atoms with van der Waals surface area (Å²) >= 11 is 5.80. The van der Waals surface area contributed by atoms with Gasteiger partial charge in [-0.1, -0.05) is 23.7 Å². The number of rotatable bonds is 2. The van der Waals surface area contributed by atoms with Crippen LogP contribution in [0.5, 0.6) is 0 Å². The number of amides is 2. The number of carbonyl (C=O) groups is 2. The fourth-order valence-corrected chi connectivity index (χ4v) is 1.73. The van der Waals surface area contributed by atoms with Crippen LogP contribution in [-0.4, -0.2) is 16.8 Å². The number of pyridine rings is 1. The summed E-state index contributed by atoms with van der Waals surface area (Å²) in [5.41, 5.74) is 1.23. The first-order chi connectivity index (χ1) is 9.56. The molecule has 2 amide bonds. The van der Waals surface area contributed by atoms with Crippen LogP contribution in [0.3, 0.4) is 0 Å². The number of nitrogens with one attached hydrogen (secondary N) is 2. The average molecular weight is 290 g/mol. The van der Waals surface area contributed by atoms with E-state index in [1.807, 2.05) is 0 Å². The van der Waals surface area contributed by atoms with Crippen LogP contribution in [0.25, 0.3) is 0 Å². The molecule has 0 aliphatic rings. The molecular formula is C14H12ClN3O2. The highest BCUT2D eigenvalue weighted by Gasteiger charge is 2.15. The van der Waals surface area contributed by atoms with Crippen molar-refractivity contribution in [3.63, 3.8) is 0 Å². The Labute approximate surface area is 121 Å². The molecule has 2 rings (SSSR count). The van der Waals surface area contributed by atoms with Crippen LogP contribution in [0.15, 0.2) is 42.6 Å². The van der Waals surface area contributed by atoms with Crippen molar-refractivity contribution in [3.05, 3.63) is 53.2 Å². The number of aromatic nitrogens is 1. The molecule has 0 fully saturated rings. The summed E-state index contributed by atoms with van der Waals surface area (Å²) in [5.74, 6) is -1.21. The molecule has 1 aromatic heterocycles. The van der Waals surface area contributed by atoms with Crippen molar-refractivity contribution in [1.29, 1.82) is 0 Å². The Balaban J connectivity index is 2.03. The van der Waals surface area contributed by atoms with Gasteiger partial charge in [0, 0.05) is 16.9 Å². The molecule has 1 aromatic carbocycles. The smallest absolute Gasteiger partial charge is 0.315 e. The maximum Gasteiger partial charge on any atom is 0.315 e. The quantitative estimate of drug-likeness (QED) is 0.835. The topological polar surface area (TPSA) is 71.1 Å². The summed E-state index contributed by atoms with van der Waals surface area (Å²) in [5, 5.41) is 5.38. The first-order valence-corrected chi connectivity index (χ1v) is 6.23. The molecule has 0 radical (unpaired) electrons. The zero-order chi connectivity index (χ0) is 14.5. The van der Waals surface area contributed by atoms with E-state index in [1.165, 1.54) is 6.20 Å². The van der Waals surface area contributed by atoms with Gasteiger partial charge in [0.1, 0.15) is 5.82 Å². The van der Waals surface area contributed by atoms with E-state index in [-0.39, 0.29) is 0 Å². The Bertz CT molecular complexity index is 658.